The van der Waals surface area contributed by atoms with E-state index >= 15 is 0 Å². The fourth-order valence-corrected chi connectivity index (χ4v) is 3.83. The Morgan fingerprint density at radius 2 is 1.54 bits per heavy atom. The molecule has 3 aromatic carbocycles. The van der Waals surface area contributed by atoms with Gasteiger partial charge in [-0.3, -0.25) is 0 Å². The molecular formula is C27H20O8. The van der Waals surface area contributed by atoms with Gasteiger partial charge in [-0.2, -0.15) is 0 Å². The molecule has 0 saturated carbocycles. The quantitative estimate of drug-likeness (QED) is 0.183. The lowest BCUT2D eigenvalue weighted by atomic mass is 10.1. The molecule has 35 heavy (non-hydrogen) atoms. The molecule has 0 fully saturated rings. The molecule has 0 amide bonds. The molecule has 2 aromatic heterocycles. The number of fused-ring (bicyclic) bond motifs is 2. The average molecular weight is 472 g/mol. The van der Waals surface area contributed by atoms with Crippen molar-refractivity contribution in [3.8, 4) is 34.3 Å². The van der Waals surface area contributed by atoms with Crippen molar-refractivity contribution in [3.05, 3.63) is 82.7 Å². The van der Waals surface area contributed by atoms with Gasteiger partial charge < -0.3 is 27.8 Å². The zero-order chi connectivity index (χ0) is 24.5. The van der Waals surface area contributed by atoms with Crippen molar-refractivity contribution >= 4 is 27.9 Å². The van der Waals surface area contributed by atoms with Crippen molar-refractivity contribution in [2.75, 3.05) is 21.3 Å². The van der Waals surface area contributed by atoms with E-state index in [0.29, 0.717) is 45.1 Å². The lowest BCUT2D eigenvalue weighted by Crippen LogP contribution is -2.09. The first-order valence-corrected chi connectivity index (χ1v) is 10.6. The Balaban J connectivity index is 1.57. The number of methoxy groups -OCH3 is 3. The Kier molecular flexibility index (Phi) is 5.62. The maximum atomic E-state index is 12.8. The molecule has 0 aliphatic carbocycles. The molecule has 8 heteroatoms. The predicted octanol–water partition coefficient (Wildman–Crippen LogP) is 5.45. The molecule has 0 radical (unpaired) electrons. The largest absolute Gasteiger partial charge is 0.497 e. The highest BCUT2D eigenvalue weighted by atomic mass is 16.5. The summed E-state index contributed by atoms with van der Waals surface area (Å²) in [6.45, 7) is 0. The predicted molar refractivity (Wildman–Crippen MR) is 129 cm³/mol. The molecule has 176 valence electrons. The van der Waals surface area contributed by atoms with Gasteiger partial charge in [0.25, 0.3) is 0 Å². The van der Waals surface area contributed by atoms with Crippen molar-refractivity contribution in [1.29, 1.82) is 0 Å². The molecule has 2 heterocycles. The van der Waals surface area contributed by atoms with E-state index in [1.165, 1.54) is 20.3 Å². The van der Waals surface area contributed by atoms with Crippen molar-refractivity contribution in [2.24, 2.45) is 0 Å². The molecule has 5 aromatic rings. The fraction of sp³-hybridized carbons (Fsp3) is 0.111. The SMILES string of the molecule is COc1cc(OC)cc(C(=O)Oc2ccc3oc(=O)cc(-c4cc5cccc(OC)c5o4)c3c2)c1. The standard InChI is InChI=1S/C27H20O8/c1-30-18-9-16(10-19(12-18)31-2)27(29)33-17-7-8-22-20(13-17)21(14-25(28)34-22)24-11-15-5-4-6-23(32-3)26(15)35-24/h4-14H,1-3H3. The summed E-state index contributed by atoms with van der Waals surface area (Å²) in [5.41, 5.74) is 1.10. The highest BCUT2D eigenvalue weighted by molar-refractivity contribution is 5.97. The summed E-state index contributed by atoms with van der Waals surface area (Å²) in [5.74, 6) is 1.59. The van der Waals surface area contributed by atoms with Crippen LogP contribution < -0.4 is 24.6 Å². The first-order chi connectivity index (χ1) is 17.0. The number of hydrogen-bond donors (Lipinski definition) is 0. The van der Waals surface area contributed by atoms with Crippen LogP contribution in [0.3, 0.4) is 0 Å². The normalized spacial score (nSPS) is 10.9. The van der Waals surface area contributed by atoms with Crippen molar-refractivity contribution in [2.45, 2.75) is 0 Å². The van der Waals surface area contributed by atoms with Crippen LogP contribution in [0, 0.1) is 0 Å². The third-order valence-electron chi connectivity index (χ3n) is 5.50. The van der Waals surface area contributed by atoms with E-state index in [1.807, 2.05) is 18.2 Å². The summed E-state index contributed by atoms with van der Waals surface area (Å²) in [7, 11) is 4.55. The minimum Gasteiger partial charge on any atom is -0.497 e. The zero-order valence-corrected chi connectivity index (χ0v) is 19.1. The van der Waals surface area contributed by atoms with E-state index < -0.39 is 11.6 Å². The summed E-state index contributed by atoms with van der Waals surface area (Å²) in [6, 6.07) is 18.2. The van der Waals surface area contributed by atoms with E-state index in [-0.39, 0.29) is 11.3 Å². The Morgan fingerprint density at radius 3 is 2.26 bits per heavy atom. The second-order valence-electron chi connectivity index (χ2n) is 7.62. The summed E-state index contributed by atoms with van der Waals surface area (Å²) in [6.07, 6.45) is 0. The summed E-state index contributed by atoms with van der Waals surface area (Å²) in [4.78, 5) is 25.1. The minimum absolute atomic E-state index is 0.255. The maximum absolute atomic E-state index is 12.8. The Bertz CT molecular complexity index is 1600. The second kappa shape index (κ2) is 8.90. The van der Waals surface area contributed by atoms with Gasteiger partial charge in [0.2, 0.25) is 0 Å². The lowest BCUT2D eigenvalue weighted by Gasteiger charge is -2.10. The van der Waals surface area contributed by atoms with Gasteiger partial charge in [0.05, 0.1) is 26.9 Å². The van der Waals surface area contributed by atoms with Gasteiger partial charge >= 0.3 is 11.6 Å². The number of ether oxygens (including phenoxy) is 4. The van der Waals surface area contributed by atoms with Gasteiger partial charge in [-0.15, -0.1) is 0 Å². The molecular weight excluding hydrogens is 452 g/mol. The highest BCUT2D eigenvalue weighted by Gasteiger charge is 2.17. The van der Waals surface area contributed by atoms with Gasteiger partial charge in [0.1, 0.15) is 28.6 Å². The molecule has 0 bridgehead atoms. The van der Waals surface area contributed by atoms with Crippen LogP contribution in [0.1, 0.15) is 10.4 Å². The van der Waals surface area contributed by atoms with E-state index in [0.717, 1.165) is 5.39 Å². The third kappa shape index (κ3) is 4.17. The van der Waals surface area contributed by atoms with Crippen LogP contribution in [-0.4, -0.2) is 27.3 Å². The smallest absolute Gasteiger partial charge is 0.343 e. The Hall–Kier alpha value is -4.72. The molecule has 0 aliphatic heterocycles. The van der Waals surface area contributed by atoms with Gasteiger partial charge in [-0.25, -0.2) is 9.59 Å². The third-order valence-corrected chi connectivity index (χ3v) is 5.50. The van der Waals surface area contributed by atoms with Crippen LogP contribution in [0.4, 0.5) is 0 Å². The number of carbonyl (C=O) groups is 1. The number of para-hydroxylation sites is 1. The fourth-order valence-electron chi connectivity index (χ4n) is 3.83. The van der Waals surface area contributed by atoms with E-state index in [4.69, 9.17) is 27.8 Å². The molecule has 0 unspecified atom stereocenters. The summed E-state index contributed by atoms with van der Waals surface area (Å²) in [5, 5.41) is 1.35. The summed E-state index contributed by atoms with van der Waals surface area (Å²) >= 11 is 0. The number of carbonyl (C=O) groups excluding carboxylic acids is 1. The molecule has 0 atom stereocenters. The Morgan fingerprint density at radius 1 is 0.771 bits per heavy atom. The molecule has 8 nitrogen and oxygen atoms in total. The van der Waals surface area contributed by atoms with Gasteiger partial charge in [-0.1, -0.05) is 12.1 Å². The van der Waals surface area contributed by atoms with Crippen molar-refractivity contribution in [1.82, 2.24) is 0 Å². The van der Waals surface area contributed by atoms with Crippen molar-refractivity contribution < 1.29 is 32.6 Å². The van der Waals surface area contributed by atoms with Crippen molar-refractivity contribution in [3.63, 3.8) is 0 Å². The van der Waals surface area contributed by atoms with Gasteiger partial charge in [-0.05, 0) is 42.5 Å². The average Bonchev–Trinajstić information content (AvgIpc) is 3.32. The lowest BCUT2D eigenvalue weighted by molar-refractivity contribution is 0.0734. The summed E-state index contributed by atoms with van der Waals surface area (Å²) < 4.78 is 32.8. The monoisotopic (exact) mass is 472 g/mol. The highest BCUT2D eigenvalue weighted by Crippen LogP contribution is 2.37. The Labute approximate surface area is 199 Å². The second-order valence-corrected chi connectivity index (χ2v) is 7.62. The molecule has 0 spiro atoms. The number of benzene rings is 3. The number of furan rings is 1. The number of esters is 1. The first-order valence-electron chi connectivity index (χ1n) is 10.6. The van der Waals surface area contributed by atoms with E-state index in [9.17, 15) is 9.59 Å². The first kappa shape index (κ1) is 22.1. The van der Waals surface area contributed by atoms with Crippen LogP contribution in [0.2, 0.25) is 0 Å². The van der Waals surface area contributed by atoms with E-state index in [1.54, 1.807) is 49.6 Å². The molecule has 0 N–H and O–H groups in total. The van der Waals surface area contributed by atoms with E-state index in [2.05, 4.69) is 0 Å². The topological polar surface area (TPSA) is 97.3 Å². The minimum atomic E-state index is -0.603. The van der Waals surface area contributed by atoms with Crippen LogP contribution in [0.25, 0.3) is 33.3 Å². The number of hydrogen-bond acceptors (Lipinski definition) is 8. The molecule has 0 saturated heterocycles. The van der Waals surface area contributed by atoms with Crippen LogP contribution in [-0.2, 0) is 0 Å². The van der Waals surface area contributed by atoms with Crippen LogP contribution in [0.15, 0.2) is 80.4 Å². The van der Waals surface area contributed by atoms with Crippen LogP contribution in [0.5, 0.6) is 23.0 Å². The van der Waals surface area contributed by atoms with Gasteiger partial charge in [0.15, 0.2) is 11.3 Å². The molecule has 5 rings (SSSR count). The van der Waals surface area contributed by atoms with Crippen LogP contribution >= 0.6 is 0 Å². The number of rotatable bonds is 6. The zero-order valence-electron chi connectivity index (χ0n) is 19.1. The molecule has 0 aliphatic rings. The maximum Gasteiger partial charge on any atom is 0.343 e. The van der Waals surface area contributed by atoms with Gasteiger partial charge in [0, 0.05) is 28.5 Å².